The van der Waals surface area contributed by atoms with Crippen molar-refractivity contribution in [3.63, 3.8) is 0 Å². The third-order valence-corrected chi connectivity index (χ3v) is 2.84. The van der Waals surface area contributed by atoms with Crippen molar-refractivity contribution in [2.75, 3.05) is 0 Å². The molecule has 1 aliphatic carbocycles. The number of unbranched alkanes of at least 4 members (excludes halogenated alkanes) is 2. The van der Waals surface area contributed by atoms with Crippen molar-refractivity contribution in [1.82, 2.24) is 0 Å². The largest absolute Gasteiger partial charge is 0.0885 e. The first-order chi connectivity index (χ1) is 5.93. The summed E-state index contributed by atoms with van der Waals surface area (Å²) in [6.07, 6.45) is 16.0. The van der Waals surface area contributed by atoms with Crippen molar-refractivity contribution in [3.05, 3.63) is 12.2 Å². The summed E-state index contributed by atoms with van der Waals surface area (Å²) in [7, 11) is 0. The maximum Gasteiger partial charge on any atom is -0.0322 e. The Morgan fingerprint density at radius 1 is 1.25 bits per heavy atom. The maximum atomic E-state index is 2.39. The Morgan fingerprint density at radius 3 is 3.00 bits per heavy atom. The molecule has 70 valence electrons. The zero-order valence-corrected chi connectivity index (χ0v) is 8.39. The Morgan fingerprint density at radius 2 is 2.17 bits per heavy atom. The first-order valence-electron chi connectivity index (χ1n) is 5.58. The van der Waals surface area contributed by atoms with Crippen LogP contribution in [0, 0.1) is 5.92 Å². The molecule has 0 heterocycles. The molecule has 0 fully saturated rings. The average molecular weight is 166 g/mol. The van der Waals surface area contributed by atoms with Gasteiger partial charge in [0.2, 0.25) is 0 Å². The molecule has 0 aromatic heterocycles. The fourth-order valence-corrected chi connectivity index (χ4v) is 1.99. The summed E-state index contributed by atoms with van der Waals surface area (Å²) in [6.45, 7) is 2.28. The number of hydrogen-bond donors (Lipinski definition) is 0. The monoisotopic (exact) mass is 166 g/mol. The molecule has 0 N–H and O–H groups in total. The van der Waals surface area contributed by atoms with E-state index in [0.29, 0.717) is 0 Å². The second kappa shape index (κ2) is 6.28. The van der Waals surface area contributed by atoms with Gasteiger partial charge in [-0.15, -0.1) is 0 Å². The van der Waals surface area contributed by atoms with Crippen LogP contribution in [0.5, 0.6) is 0 Å². The molecule has 0 saturated heterocycles. The number of rotatable bonds is 4. The van der Waals surface area contributed by atoms with Crippen LogP contribution in [0.1, 0.15) is 58.3 Å². The summed E-state index contributed by atoms with van der Waals surface area (Å²) < 4.78 is 0. The normalized spacial score (nSPS) is 23.9. The van der Waals surface area contributed by atoms with Gasteiger partial charge in [0.05, 0.1) is 0 Å². The summed E-state index contributed by atoms with van der Waals surface area (Å²) in [5.74, 6) is 1.01. The molecule has 1 aliphatic rings. The Bertz CT molecular complexity index is 124. The zero-order valence-electron chi connectivity index (χ0n) is 8.39. The van der Waals surface area contributed by atoms with Crippen LogP contribution in [-0.2, 0) is 0 Å². The second-order valence-electron chi connectivity index (χ2n) is 4.00. The third kappa shape index (κ3) is 3.94. The van der Waals surface area contributed by atoms with Gasteiger partial charge in [0.1, 0.15) is 0 Å². The van der Waals surface area contributed by atoms with Gasteiger partial charge in [-0.3, -0.25) is 0 Å². The van der Waals surface area contributed by atoms with E-state index in [-0.39, 0.29) is 0 Å². The molecule has 1 rings (SSSR count). The molecule has 0 radical (unpaired) electrons. The van der Waals surface area contributed by atoms with Gasteiger partial charge in [0, 0.05) is 0 Å². The third-order valence-electron chi connectivity index (χ3n) is 2.84. The topological polar surface area (TPSA) is 0 Å². The van der Waals surface area contributed by atoms with Gasteiger partial charge >= 0.3 is 0 Å². The molecule has 0 aromatic rings. The van der Waals surface area contributed by atoms with Gasteiger partial charge in [0.15, 0.2) is 0 Å². The Labute approximate surface area is 77.1 Å². The molecule has 0 bridgehead atoms. The molecular formula is C12H22. The van der Waals surface area contributed by atoms with Crippen LogP contribution in [-0.4, -0.2) is 0 Å². The van der Waals surface area contributed by atoms with Crippen LogP contribution in [0.3, 0.4) is 0 Å². The van der Waals surface area contributed by atoms with E-state index in [4.69, 9.17) is 0 Å². The van der Waals surface area contributed by atoms with E-state index in [0.717, 1.165) is 5.92 Å². The number of allylic oxidation sites excluding steroid dienone is 2. The first-order valence-corrected chi connectivity index (χ1v) is 5.58. The Kier molecular flexibility index (Phi) is 5.14. The van der Waals surface area contributed by atoms with Crippen molar-refractivity contribution in [3.8, 4) is 0 Å². The molecular weight excluding hydrogens is 144 g/mol. The molecule has 0 amide bonds. The van der Waals surface area contributed by atoms with E-state index in [1.165, 1.54) is 51.4 Å². The molecule has 12 heavy (non-hydrogen) atoms. The lowest BCUT2D eigenvalue weighted by molar-refractivity contribution is 0.429. The summed E-state index contributed by atoms with van der Waals surface area (Å²) in [4.78, 5) is 0. The highest BCUT2D eigenvalue weighted by atomic mass is 14.1. The van der Waals surface area contributed by atoms with Gasteiger partial charge in [0.25, 0.3) is 0 Å². The summed E-state index contributed by atoms with van der Waals surface area (Å²) in [5.41, 5.74) is 0. The average Bonchev–Trinajstić information content (AvgIpc) is 2.33. The molecule has 0 heteroatoms. The van der Waals surface area contributed by atoms with Crippen LogP contribution < -0.4 is 0 Å². The highest BCUT2D eigenvalue weighted by Gasteiger charge is 2.07. The van der Waals surface area contributed by atoms with Crippen LogP contribution >= 0.6 is 0 Å². The molecule has 1 atom stereocenters. The lowest BCUT2D eigenvalue weighted by atomic mass is 9.94. The summed E-state index contributed by atoms with van der Waals surface area (Å²) in [6, 6.07) is 0. The molecule has 0 saturated carbocycles. The highest BCUT2D eigenvalue weighted by molar-refractivity contribution is 4.87. The van der Waals surface area contributed by atoms with Gasteiger partial charge < -0.3 is 0 Å². The van der Waals surface area contributed by atoms with E-state index in [2.05, 4.69) is 19.1 Å². The Hall–Kier alpha value is -0.260. The van der Waals surface area contributed by atoms with Crippen molar-refractivity contribution >= 4 is 0 Å². The van der Waals surface area contributed by atoms with Gasteiger partial charge in [-0.2, -0.15) is 0 Å². The lowest BCUT2D eigenvalue weighted by Gasteiger charge is -2.11. The number of hydrogen-bond acceptors (Lipinski definition) is 0. The van der Waals surface area contributed by atoms with Crippen molar-refractivity contribution in [2.24, 2.45) is 5.92 Å². The van der Waals surface area contributed by atoms with Crippen LogP contribution in [0.15, 0.2) is 12.2 Å². The zero-order chi connectivity index (χ0) is 8.65. The molecule has 0 spiro atoms. The van der Waals surface area contributed by atoms with Crippen molar-refractivity contribution < 1.29 is 0 Å². The maximum absolute atomic E-state index is 2.39. The standard InChI is InChI=1S/C12H22/c1-2-3-6-9-12-10-7-4-5-8-11-12/h4,7,12H,2-3,5-6,8-11H2,1H3. The Balaban J connectivity index is 2.09. The second-order valence-corrected chi connectivity index (χ2v) is 4.00. The van der Waals surface area contributed by atoms with E-state index in [1.807, 2.05) is 0 Å². The summed E-state index contributed by atoms with van der Waals surface area (Å²) >= 11 is 0. The molecule has 1 unspecified atom stereocenters. The van der Waals surface area contributed by atoms with Gasteiger partial charge in [-0.25, -0.2) is 0 Å². The van der Waals surface area contributed by atoms with Crippen molar-refractivity contribution in [2.45, 2.75) is 58.3 Å². The highest BCUT2D eigenvalue weighted by Crippen LogP contribution is 2.23. The van der Waals surface area contributed by atoms with E-state index in [9.17, 15) is 0 Å². The van der Waals surface area contributed by atoms with Crippen LogP contribution in [0.25, 0.3) is 0 Å². The minimum atomic E-state index is 1.01. The first kappa shape index (κ1) is 9.83. The van der Waals surface area contributed by atoms with Crippen molar-refractivity contribution in [1.29, 1.82) is 0 Å². The summed E-state index contributed by atoms with van der Waals surface area (Å²) in [5, 5.41) is 0. The minimum Gasteiger partial charge on any atom is -0.0885 e. The predicted molar refractivity (Wildman–Crippen MR) is 55.2 cm³/mol. The molecule has 0 nitrogen and oxygen atoms in total. The molecule has 0 aliphatic heterocycles. The fraction of sp³-hybridized carbons (Fsp3) is 0.833. The quantitative estimate of drug-likeness (QED) is 0.431. The SMILES string of the molecule is CCCCCC1CC=CCCC1. The van der Waals surface area contributed by atoms with Gasteiger partial charge in [-0.05, 0) is 31.6 Å². The molecule has 0 aromatic carbocycles. The fourth-order valence-electron chi connectivity index (χ4n) is 1.99. The van der Waals surface area contributed by atoms with E-state index in [1.54, 1.807) is 0 Å². The lowest BCUT2D eigenvalue weighted by Crippen LogP contribution is -1.97. The van der Waals surface area contributed by atoms with Crippen LogP contribution in [0.2, 0.25) is 0 Å². The predicted octanol–water partition coefficient (Wildman–Crippen LogP) is 4.31. The smallest absolute Gasteiger partial charge is 0.0322 e. The van der Waals surface area contributed by atoms with Gasteiger partial charge in [-0.1, -0.05) is 44.8 Å². The van der Waals surface area contributed by atoms with Crippen LogP contribution in [0.4, 0.5) is 0 Å². The minimum absolute atomic E-state index is 1.01. The van der Waals surface area contributed by atoms with E-state index < -0.39 is 0 Å². The van der Waals surface area contributed by atoms with E-state index >= 15 is 0 Å².